The van der Waals surface area contributed by atoms with Crippen LogP contribution in [0.3, 0.4) is 0 Å². The van der Waals surface area contributed by atoms with Gasteiger partial charge in [0, 0.05) is 13.6 Å². The minimum Gasteiger partial charge on any atom is -0.391 e. The van der Waals surface area contributed by atoms with Gasteiger partial charge in [0.15, 0.2) is 0 Å². The number of hydrogen-bond acceptors (Lipinski definition) is 3. The molecule has 1 aromatic carbocycles. The van der Waals surface area contributed by atoms with Crippen molar-refractivity contribution in [2.45, 2.75) is 32.8 Å². The molecule has 1 unspecified atom stereocenters. The predicted molar refractivity (Wildman–Crippen MR) is 93.7 cm³/mol. The maximum Gasteiger partial charge on any atom is 0.319 e. The minimum atomic E-state index is -0.585. The number of rotatable bonds is 6. The number of aliphatic hydroxyl groups excluding tert-OH is 1. The van der Waals surface area contributed by atoms with Gasteiger partial charge in [-0.2, -0.15) is 0 Å². The summed E-state index contributed by atoms with van der Waals surface area (Å²) >= 11 is 0. The van der Waals surface area contributed by atoms with E-state index in [1.807, 2.05) is 37.3 Å². The molecule has 0 bridgehead atoms. The summed E-state index contributed by atoms with van der Waals surface area (Å²) in [5.74, 6) is 0. The Bertz CT molecular complexity index is 749. The van der Waals surface area contributed by atoms with Crippen molar-refractivity contribution >= 4 is 11.7 Å². The van der Waals surface area contributed by atoms with E-state index in [0.717, 1.165) is 12.1 Å². The molecule has 2 amide bonds. The van der Waals surface area contributed by atoms with E-state index in [-0.39, 0.29) is 17.8 Å². The smallest absolute Gasteiger partial charge is 0.319 e. The molecule has 2 rings (SSSR count). The third-order valence-corrected chi connectivity index (χ3v) is 3.91. The lowest BCUT2D eigenvalue weighted by Gasteiger charge is -2.11. The van der Waals surface area contributed by atoms with E-state index in [0.29, 0.717) is 12.1 Å². The summed E-state index contributed by atoms with van der Waals surface area (Å²) in [5, 5.41) is 14.8. The molecule has 0 aliphatic rings. The van der Waals surface area contributed by atoms with Crippen molar-refractivity contribution in [3.8, 4) is 5.69 Å². The first-order valence-corrected chi connectivity index (χ1v) is 8.02. The molecule has 0 fully saturated rings. The fraction of sp³-hybridized carbons (Fsp3) is 0.412. The number of carbonyl (C=O) groups is 1. The van der Waals surface area contributed by atoms with Crippen molar-refractivity contribution in [3.05, 3.63) is 46.4 Å². The fourth-order valence-electron chi connectivity index (χ4n) is 2.52. The van der Waals surface area contributed by atoms with E-state index in [1.165, 1.54) is 4.68 Å². The molecule has 130 valence electrons. The first-order valence-electron chi connectivity index (χ1n) is 8.02. The number of anilines is 1. The maximum absolute atomic E-state index is 12.6. The molecule has 0 spiro atoms. The minimum absolute atomic E-state index is 0.151. The van der Waals surface area contributed by atoms with Crippen molar-refractivity contribution in [1.29, 1.82) is 0 Å². The third-order valence-electron chi connectivity index (χ3n) is 3.91. The molecule has 1 atom stereocenters. The van der Waals surface area contributed by atoms with E-state index < -0.39 is 12.1 Å². The first-order chi connectivity index (χ1) is 11.5. The normalized spacial score (nSPS) is 12.0. The highest BCUT2D eigenvalue weighted by molar-refractivity contribution is 5.89. The fourth-order valence-corrected chi connectivity index (χ4v) is 2.52. The van der Waals surface area contributed by atoms with Crippen molar-refractivity contribution in [3.63, 3.8) is 0 Å². The molecule has 0 aliphatic carbocycles. The van der Waals surface area contributed by atoms with E-state index in [1.54, 1.807) is 18.7 Å². The molecule has 0 radical (unpaired) electrons. The zero-order valence-electron chi connectivity index (χ0n) is 14.2. The lowest BCUT2D eigenvalue weighted by atomic mass is 10.2. The molecular weight excluding hydrogens is 308 g/mol. The molecular formula is C17H24N4O3. The monoisotopic (exact) mass is 332 g/mol. The Balaban J connectivity index is 2.17. The number of carbonyl (C=O) groups excluding carboxylic acids is 1. The summed E-state index contributed by atoms with van der Waals surface area (Å²) in [7, 11) is 1.76. The van der Waals surface area contributed by atoms with Gasteiger partial charge in [0.2, 0.25) is 0 Å². The van der Waals surface area contributed by atoms with Crippen LogP contribution in [0.15, 0.2) is 35.1 Å². The summed E-state index contributed by atoms with van der Waals surface area (Å²) in [6.07, 6.45) is 0.869. The van der Waals surface area contributed by atoms with Gasteiger partial charge in [0.05, 0.1) is 17.5 Å². The van der Waals surface area contributed by atoms with Gasteiger partial charge in [-0.15, -0.1) is 0 Å². The highest BCUT2D eigenvalue weighted by Gasteiger charge is 2.18. The quantitative estimate of drug-likeness (QED) is 0.753. The van der Waals surface area contributed by atoms with Gasteiger partial charge in [0.1, 0.15) is 5.69 Å². The van der Waals surface area contributed by atoms with Gasteiger partial charge in [-0.05, 0) is 25.5 Å². The lowest BCUT2D eigenvalue weighted by molar-refractivity contribution is 0.162. The number of aliphatic hydroxyl groups is 1. The van der Waals surface area contributed by atoms with E-state index in [4.69, 9.17) is 0 Å². The van der Waals surface area contributed by atoms with Crippen molar-refractivity contribution in [1.82, 2.24) is 14.7 Å². The van der Waals surface area contributed by atoms with Crippen LogP contribution in [0.5, 0.6) is 0 Å². The number of nitrogens with one attached hydrogen (secondary N) is 2. The van der Waals surface area contributed by atoms with Crippen LogP contribution in [0.4, 0.5) is 10.5 Å². The molecule has 1 aromatic heterocycles. The van der Waals surface area contributed by atoms with Crippen LogP contribution < -0.4 is 16.2 Å². The van der Waals surface area contributed by atoms with Gasteiger partial charge < -0.3 is 15.7 Å². The Morgan fingerprint density at radius 2 is 1.96 bits per heavy atom. The van der Waals surface area contributed by atoms with Gasteiger partial charge >= 0.3 is 6.03 Å². The van der Waals surface area contributed by atoms with Crippen LogP contribution in [0.1, 0.15) is 25.5 Å². The third kappa shape index (κ3) is 3.86. The van der Waals surface area contributed by atoms with Crippen LogP contribution >= 0.6 is 0 Å². The number of urea groups is 1. The lowest BCUT2D eigenvalue weighted by Crippen LogP contribution is -2.36. The Hall–Kier alpha value is -2.54. The van der Waals surface area contributed by atoms with Gasteiger partial charge in [-0.25, -0.2) is 9.48 Å². The van der Waals surface area contributed by atoms with Crippen molar-refractivity contribution < 1.29 is 9.90 Å². The average Bonchev–Trinajstić information content (AvgIpc) is 2.78. The first kappa shape index (κ1) is 17.8. The van der Waals surface area contributed by atoms with E-state index in [2.05, 4.69) is 10.6 Å². The molecule has 24 heavy (non-hydrogen) atoms. The molecule has 0 saturated carbocycles. The van der Waals surface area contributed by atoms with Crippen LogP contribution in [0, 0.1) is 6.92 Å². The number of benzene rings is 1. The molecule has 3 N–H and O–H groups in total. The zero-order chi connectivity index (χ0) is 17.7. The zero-order valence-corrected chi connectivity index (χ0v) is 14.2. The Kier molecular flexibility index (Phi) is 5.81. The van der Waals surface area contributed by atoms with Crippen molar-refractivity contribution in [2.75, 3.05) is 11.9 Å². The number of nitrogens with zero attached hydrogens (tertiary/aromatic N) is 2. The second-order valence-corrected chi connectivity index (χ2v) is 5.71. The average molecular weight is 332 g/mol. The Morgan fingerprint density at radius 1 is 1.29 bits per heavy atom. The summed E-state index contributed by atoms with van der Waals surface area (Å²) < 4.78 is 3.19. The Labute approximate surface area is 140 Å². The van der Waals surface area contributed by atoms with Gasteiger partial charge in [-0.3, -0.25) is 9.48 Å². The van der Waals surface area contributed by atoms with Crippen LogP contribution in [0.25, 0.3) is 5.69 Å². The number of hydrogen-bond donors (Lipinski definition) is 3. The van der Waals surface area contributed by atoms with Crippen LogP contribution in [-0.2, 0) is 7.05 Å². The summed E-state index contributed by atoms with van der Waals surface area (Å²) in [6, 6.07) is 8.71. The van der Waals surface area contributed by atoms with Gasteiger partial charge in [0.25, 0.3) is 5.56 Å². The molecule has 7 nitrogen and oxygen atoms in total. The van der Waals surface area contributed by atoms with E-state index >= 15 is 0 Å². The van der Waals surface area contributed by atoms with Crippen LogP contribution in [-0.4, -0.2) is 33.1 Å². The molecule has 1 heterocycles. The number of aromatic nitrogens is 2. The van der Waals surface area contributed by atoms with E-state index in [9.17, 15) is 14.7 Å². The molecule has 2 aromatic rings. The predicted octanol–water partition coefficient (Wildman–Crippen LogP) is 1.77. The second-order valence-electron chi connectivity index (χ2n) is 5.71. The highest BCUT2D eigenvalue weighted by atomic mass is 16.3. The summed E-state index contributed by atoms with van der Waals surface area (Å²) in [5.41, 5.74) is 1.29. The summed E-state index contributed by atoms with van der Waals surface area (Å²) in [4.78, 5) is 24.6. The molecule has 0 saturated heterocycles. The largest absolute Gasteiger partial charge is 0.391 e. The second kappa shape index (κ2) is 7.83. The van der Waals surface area contributed by atoms with Crippen LogP contribution in [0.2, 0.25) is 0 Å². The van der Waals surface area contributed by atoms with Gasteiger partial charge in [-0.1, -0.05) is 31.5 Å². The number of amides is 2. The standard InChI is InChI=1S/C17H24N4O3/c1-4-8-14(22)11-18-17(24)19-15-12(2)20(3)21(16(15)23)13-9-6-5-7-10-13/h5-7,9-10,14,22H,4,8,11H2,1-3H3,(H2,18,19,24). The topological polar surface area (TPSA) is 88.3 Å². The highest BCUT2D eigenvalue weighted by Crippen LogP contribution is 2.13. The van der Waals surface area contributed by atoms with Crippen molar-refractivity contribution in [2.24, 2.45) is 7.05 Å². The molecule has 0 aliphatic heterocycles. The molecule has 7 heteroatoms. The Morgan fingerprint density at radius 3 is 2.58 bits per heavy atom. The summed E-state index contributed by atoms with van der Waals surface area (Å²) in [6.45, 7) is 3.88. The SMILES string of the molecule is CCCC(O)CNC(=O)Nc1c(C)n(C)n(-c2ccccc2)c1=O. The maximum atomic E-state index is 12.6. The number of para-hydroxylation sites is 1.